The van der Waals surface area contributed by atoms with Gasteiger partial charge in [0.1, 0.15) is 0 Å². The molecular weight excluding hydrogens is 248 g/mol. The minimum Gasteiger partial charge on any atom is -0.334 e. The Kier molecular flexibility index (Phi) is 4.39. The molecule has 4 heteroatoms. The molecule has 3 nitrogen and oxygen atoms in total. The number of nitrogens with one attached hydrogen (secondary N) is 1. The second-order valence-electron chi connectivity index (χ2n) is 4.67. The number of hydrogen-bond donors (Lipinski definition) is 1. The molecule has 1 aromatic rings. The molecule has 2 rings (SSSR count). The maximum atomic E-state index is 11.9. The zero-order valence-electron chi connectivity index (χ0n) is 10.5. The van der Waals surface area contributed by atoms with Crippen LogP contribution in [0.5, 0.6) is 0 Å². The van der Waals surface area contributed by atoms with Crippen molar-refractivity contribution in [3.63, 3.8) is 0 Å². The Hall–Kier alpha value is -1.32. The Morgan fingerprint density at radius 2 is 1.89 bits per heavy atom. The zero-order chi connectivity index (χ0) is 13.0. The van der Waals surface area contributed by atoms with Gasteiger partial charge in [0.05, 0.1) is 33.2 Å². The molecule has 0 atom stereocenters. The van der Waals surface area contributed by atoms with Gasteiger partial charge in [-0.1, -0.05) is 23.7 Å². The summed E-state index contributed by atoms with van der Waals surface area (Å²) in [5.74, 6) is 0.0949. The minimum atomic E-state index is 0.0949. The molecule has 96 valence electrons. The maximum Gasteiger partial charge on any atom is 0.246 e. The topological polar surface area (TPSA) is 24.8 Å². The van der Waals surface area contributed by atoms with Crippen LogP contribution in [0.2, 0.25) is 5.02 Å². The van der Waals surface area contributed by atoms with Gasteiger partial charge >= 0.3 is 0 Å². The van der Waals surface area contributed by atoms with E-state index >= 15 is 0 Å². The van der Waals surface area contributed by atoms with E-state index in [0.29, 0.717) is 5.02 Å². The first kappa shape index (κ1) is 13.1. The zero-order valence-corrected chi connectivity index (χ0v) is 11.3. The largest absolute Gasteiger partial charge is 0.334 e. The number of benzene rings is 1. The van der Waals surface area contributed by atoms with Gasteiger partial charge in [0.15, 0.2) is 0 Å². The summed E-state index contributed by atoms with van der Waals surface area (Å²) < 4.78 is 0. The van der Waals surface area contributed by atoms with Crippen molar-refractivity contribution in [2.24, 2.45) is 0 Å². The number of halogens is 1. The maximum absolute atomic E-state index is 11.9. The lowest BCUT2D eigenvalue weighted by Crippen LogP contribution is -3.12. The van der Waals surface area contributed by atoms with Gasteiger partial charge in [0.25, 0.3) is 0 Å². The molecule has 0 radical (unpaired) electrons. The van der Waals surface area contributed by atoms with E-state index in [1.807, 2.05) is 35.2 Å². The third-order valence-electron chi connectivity index (χ3n) is 3.22. The second-order valence-corrected chi connectivity index (χ2v) is 5.10. The van der Waals surface area contributed by atoms with E-state index in [2.05, 4.69) is 7.05 Å². The van der Waals surface area contributed by atoms with Crippen molar-refractivity contribution in [1.29, 1.82) is 0 Å². The van der Waals surface area contributed by atoms with Crippen LogP contribution in [0, 0.1) is 0 Å². The Bertz CT molecular complexity index is 434. The van der Waals surface area contributed by atoms with Crippen molar-refractivity contribution < 1.29 is 9.69 Å². The first-order valence-electron chi connectivity index (χ1n) is 6.19. The van der Waals surface area contributed by atoms with Gasteiger partial charge in [-0.3, -0.25) is 4.79 Å². The van der Waals surface area contributed by atoms with Gasteiger partial charge in [-0.2, -0.15) is 0 Å². The lowest BCUT2D eigenvalue weighted by Gasteiger charge is -2.29. The molecule has 0 spiro atoms. The van der Waals surface area contributed by atoms with Crippen molar-refractivity contribution in [2.45, 2.75) is 0 Å². The SMILES string of the molecule is C[NH+]1CCN(C(=O)/C=C\c2ccc(Cl)cc2)CC1. The standard InChI is InChI=1S/C14H17ClN2O/c1-16-8-10-17(11-9-16)14(18)7-4-12-2-5-13(15)6-3-12/h2-7H,8-11H2,1H3/p+1/b7-4-. The smallest absolute Gasteiger partial charge is 0.246 e. The number of quaternary nitrogens is 1. The lowest BCUT2D eigenvalue weighted by atomic mass is 10.2. The molecule has 1 aliphatic heterocycles. The molecule has 1 amide bonds. The molecule has 0 aliphatic carbocycles. The predicted molar refractivity (Wildman–Crippen MR) is 73.7 cm³/mol. The van der Waals surface area contributed by atoms with Crippen LogP contribution in [-0.4, -0.2) is 44.0 Å². The second kappa shape index (κ2) is 6.03. The summed E-state index contributed by atoms with van der Waals surface area (Å²) in [6.07, 6.45) is 3.48. The highest BCUT2D eigenvalue weighted by Crippen LogP contribution is 2.10. The molecule has 0 aromatic heterocycles. The molecule has 1 aromatic carbocycles. The summed E-state index contributed by atoms with van der Waals surface area (Å²) in [6, 6.07) is 7.45. The number of rotatable bonds is 2. The molecule has 1 saturated heterocycles. The molecule has 1 fully saturated rings. The van der Waals surface area contributed by atoms with Gasteiger partial charge in [-0.25, -0.2) is 0 Å². The average molecular weight is 266 g/mol. The van der Waals surface area contributed by atoms with Crippen LogP contribution in [0.15, 0.2) is 30.3 Å². The summed E-state index contributed by atoms with van der Waals surface area (Å²) in [6.45, 7) is 3.74. The predicted octanol–water partition coefficient (Wildman–Crippen LogP) is 0.710. The van der Waals surface area contributed by atoms with Crippen molar-refractivity contribution >= 4 is 23.6 Å². The van der Waals surface area contributed by atoms with E-state index in [9.17, 15) is 4.79 Å². The number of carbonyl (C=O) groups is 1. The highest BCUT2D eigenvalue weighted by molar-refractivity contribution is 6.30. The van der Waals surface area contributed by atoms with E-state index in [-0.39, 0.29) is 5.91 Å². The van der Waals surface area contributed by atoms with Crippen molar-refractivity contribution in [1.82, 2.24) is 4.90 Å². The number of likely N-dealkylation sites (N-methyl/N-ethyl adjacent to an activating group) is 1. The number of amides is 1. The highest BCUT2D eigenvalue weighted by Gasteiger charge is 2.19. The normalized spacial score (nSPS) is 17.3. The van der Waals surface area contributed by atoms with Crippen molar-refractivity contribution in [3.8, 4) is 0 Å². The fourth-order valence-corrected chi connectivity index (χ4v) is 2.08. The van der Waals surface area contributed by atoms with Crippen LogP contribution in [-0.2, 0) is 4.79 Å². The molecule has 18 heavy (non-hydrogen) atoms. The third-order valence-corrected chi connectivity index (χ3v) is 3.47. The van der Waals surface area contributed by atoms with Gasteiger partial charge in [-0.05, 0) is 23.8 Å². The van der Waals surface area contributed by atoms with Crippen molar-refractivity contribution in [3.05, 3.63) is 40.9 Å². The molecule has 0 bridgehead atoms. The first-order chi connectivity index (χ1) is 8.65. The van der Waals surface area contributed by atoms with Gasteiger partial charge in [0.2, 0.25) is 5.91 Å². The van der Waals surface area contributed by atoms with E-state index in [1.54, 1.807) is 6.08 Å². The molecule has 1 heterocycles. The van der Waals surface area contributed by atoms with Crippen LogP contribution < -0.4 is 4.90 Å². The van der Waals surface area contributed by atoms with E-state index in [4.69, 9.17) is 11.6 Å². The highest BCUT2D eigenvalue weighted by atomic mass is 35.5. The van der Waals surface area contributed by atoms with Gasteiger partial charge < -0.3 is 9.80 Å². The van der Waals surface area contributed by atoms with Crippen LogP contribution >= 0.6 is 11.6 Å². The Morgan fingerprint density at radius 1 is 1.28 bits per heavy atom. The summed E-state index contributed by atoms with van der Waals surface area (Å²) in [4.78, 5) is 15.3. The summed E-state index contributed by atoms with van der Waals surface area (Å²) in [5, 5.41) is 0.709. The van der Waals surface area contributed by atoms with Gasteiger partial charge in [-0.15, -0.1) is 0 Å². The molecule has 1 aliphatic rings. The molecule has 0 saturated carbocycles. The summed E-state index contributed by atoms with van der Waals surface area (Å²) in [5.41, 5.74) is 0.993. The monoisotopic (exact) mass is 265 g/mol. The van der Waals surface area contributed by atoms with Crippen LogP contribution in [0.4, 0.5) is 0 Å². The molecular formula is C14H18ClN2O+. The fraction of sp³-hybridized carbons (Fsp3) is 0.357. The number of nitrogens with zero attached hydrogens (tertiary/aromatic N) is 1. The Labute approximate surface area is 113 Å². The number of carbonyl (C=O) groups excluding carboxylic acids is 1. The number of piperazine rings is 1. The minimum absolute atomic E-state index is 0.0949. The number of hydrogen-bond acceptors (Lipinski definition) is 1. The van der Waals surface area contributed by atoms with Crippen LogP contribution in [0.1, 0.15) is 5.56 Å². The quantitative estimate of drug-likeness (QED) is 0.783. The van der Waals surface area contributed by atoms with E-state index in [0.717, 1.165) is 31.7 Å². The van der Waals surface area contributed by atoms with Crippen LogP contribution in [0.3, 0.4) is 0 Å². The lowest BCUT2D eigenvalue weighted by molar-refractivity contribution is -0.883. The molecule has 0 unspecified atom stereocenters. The van der Waals surface area contributed by atoms with Crippen LogP contribution in [0.25, 0.3) is 6.08 Å². The van der Waals surface area contributed by atoms with Gasteiger partial charge in [0, 0.05) is 11.1 Å². The van der Waals surface area contributed by atoms with Crippen molar-refractivity contribution in [2.75, 3.05) is 33.2 Å². The van der Waals surface area contributed by atoms with E-state index in [1.165, 1.54) is 4.90 Å². The Balaban J connectivity index is 1.92. The van der Waals surface area contributed by atoms with E-state index < -0.39 is 0 Å². The summed E-state index contributed by atoms with van der Waals surface area (Å²) >= 11 is 5.81. The fourth-order valence-electron chi connectivity index (χ4n) is 1.96. The summed E-state index contributed by atoms with van der Waals surface area (Å²) in [7, 11) is 2.16. The third kappa shape index (κ3) is 3.59. The Morgan fingerprint density at radius 3 is 2.50 bits per heavy atom. The average Bonchev–Trinajstić information content (AvgIpc) is 2.38. The first-order valence-corrected chi connectivity index (χ1v) is 6.57. The molecule has 1 N–H and O–H groups in total.